The lowest BCUT2D eigenvalue weighted by Crippen LogP contribution is -2.31. The molecule has 18 heavy (non-hydrogen) atoms. The van der Waals surface area contributed by atoms with Crippen LogP contribution in [0.25, 0.3) is 0 Å². The highest BCUT2D eigenvalue weighted by atomic mass is 32.1. The van der Waals surface area contributed by atoms with Gasteiger partial charge in [0.05, 0.1) is 10.6 Å². The van der Waals surface area contributed by atoms with Crippen molar-refractivity contribution < 1.29 is 0 Å². The normalized spacial score (nSPS) is 12.8. The van der Waals surface area contributed by atoms with Crippen molar-refractivity contribution in [3.8, 4) is 0 Å². The highest BCUT2D eigenvalue weighted by Crippen LogP contribution is 2.25. The van der Waals surface area contributed by atoms with Gasteiger partial charge in [-0.1, -0.05) is 18.3 Å². The summed E-state index contributed by atoms with van der Waals surface area (Å²) in [6.45, 7) is 5.13. The van der Waals surface area contributed by atoms with Gasteiger partial charge >= 0.3 is 0 Å². The molecule has 0 radical (unpaired) electrons. The molecule has 0 saturated heterocycles. The maximum Gasteiger partial charge on any atom is 0.132 e. The van der Waals surface area contributed by atoms with Crippen molar-refractivity contribution in [1.82, 2.24) is 24.6 Å². The summed E-state index contributed by atoms with van der Waals surface area (Å²) in [6, 6.07) is -0.138. The Kier molecular flexibility index (Phi) is 4.40. The van der Waals surface area contributed by atoms with Crippen molar-refractivity contribution in [1.29, 1.82) is 0 Å². The van der Waals surface area contributed by atoms with Gasteiger partial charge in [-0.3, -0.25) is 5.84 Å². The third-order valence-electron chi connectivity index (χ3n) is 2.82. The van der Waals surface area contributed by atoms with E-state index in [1.807, 2.05) is 6.20 Å². The van der Waals surface area contributed by atoms with Gasteiger partial charge in [-0.15, -0.1) is 5.10 Å². The standard InChI is InChI=1S/C11H18N6S/c1-3-6-17-7-5-13-11(17)9(14-12)10-8(4-2)15-16-18-10/h5,7,9,14H,3-4,6,12H2,1-2H3. The van der Waals surface area contributed by atoms with E-state index in [0.29, 0.717) is 0 Å². The van der Waals surface area contributed by atoms with Crippen LogP contribution >= 0.6 is 11.5 Å². The van der Waals surface area contributed by atoms with Crippen LogP contribution in [0.4, 0.5) is 0 Å². The van der Waals surface area contributed by atoms with Crippen molar-refractivity contribution in [3.63, 3.8) is 0 Å². The van der Waals surface area contributed by atoms with Gasteiger partial charge in [-0.05, 0) is 24.4 Å². The number of nitrogens with two attached hydrogens (primary N) is 1. The molecule has 6 nitrogen and oxygen atoms in total. The average molecular weight is 266 g/mol. The number of hydrogen-bond donors (Lipinski definition) is 2. The van der Waals surface area contributed by atoms with E-state index >= 15 is 0 Å². The van der Waals surface area contributed by atoms with Gasteiger partial charge in [-0.25, -0.2) is 10.4 Å². The van der Waals surface area contributed by atoms with E-state index < -0.39 is 0 Å². The fourth-order valence-corrected chi connectivity index (χ4v) is 2.76. The predicted octanol–water partition coefficient (Wildman–Crippen LogP) is 1.26. The second kappa shape index (κ2) is 6.03. The van der Waals surface area contributed by atoms with E-state index in [1.54, 1.807) is 6.20 Å². The first-order valence-corrected chi connectivity index (χ1v) is 6.87. The van der Waals surface area contributed by atoms with Gasteiger partial charge < -0.3 is 4.57 Å². The Balaban J connectivity index is 2.36. The maximum atomic E-state index is 5.69. The fourth-order valence-electron chi connectivity index (χ4n) is 1.96. The van der Waals surface area contributed by atoms with E-state index in [9.17, 15) is 0 Å². The van der Waals surface area contributed by atoms with Gasteiger partial charge in [-0.2, -0.15) is 0 Å². The van der Waals surface area contributed by atoms with Crippen molar-refractivity contribution in [2.45, 2.75) is 39.3 Å². The van der Waals surface area contributed by atoms with Gasteiger partial charge in [0.2, 0.25) is 0 Å². The largest absolute Gasteiger partial charge is 0.333 e. The lowest BCUT2D eigenvalue weighted by molar-refractivity contribution is 0.547. The van der Waals surface area contributed by atoms with Crippen molar-refractivity contribution in [3.05, 3.63) is 28.8 Å². The summed E-state index contributed by atoms with van der Waals surface area (Å²) in [5.74, 6) is 6.61. The van der Waals surface area contributed by atoms with Crippen LogP contribution in [0.5, 0.6) is 0 Å². The van der Waals surface area contributed by atoms with Crippen LogP contribution in [-0.4, -0.2) is 19.1 Å². The highest BCUT2D eigenvalue weighted by molar-refractivity contribution is 7.05. The number of hydrazine groups is 1. The molecule has 0 saturated carbocycles. The minimum Gasteiger partial charge on any atom is -0.333 e. The molecule has 98 valence electrons. The summed E-state index contributed by atoms with van der Waals surface area (Å²) < 4.78 is 6.12. The van der Waals surface area contributed by atoms with Crippen LogP contribution < -0.4 is 11.3 Å². The summed E-state index contributed by atoms with van der Waals surface area (Å²) in [6.07, 6.45) is 5.68. The van der Waals surface area contributed by atoms with Crippen LogP contribution in [0.1, 0.15) is 42.7 Å². The number of aryl methyl sites for hydroxylation is 2. The molecule has 2 aromatic heterocycles. The van der Waals surface area contributed by atoms with Gasteiger partial charge in [0.1, 0.15) is 11.9 Å². The lowest BCUT2D eigenvalue weighted by atomic mass is 10.1. The zero-order valence-electron chi connectivity index (χ0n) is 10.6. The van der Waals surface area contributed by atoms with Crippen LogP contribution in [0, 0.1) is 0 Å². The molecule has 0 aliphatic rings. The van der Waals surface area contributed by atoms with Gasteiger partial charge in [0.25, 0.3) is 0 Å². The quantitative estimate of drug-likeness (QED) is 0.607. The Morgan fingerprint density at radius 1 is 1.50 bits per heavy atom. The molecule has 0 aromatic carbocycles. The minimum atomic E-state index is -0.138. The second-order valence-electron chi connectivity index (χ2n) is 4.02. The first-order valence-electron chi connectivity index (χ1n) is 6.10. The lowest BCUT2D eigenvalue weighted by Gasteiger charge is -2.16. The Morgan fingerprint density at radius 3 is 3.00 bits per heavy atom. The molecule has 1 unspecified atom stereocenters. The molecule has 3 N–H and O–H groups in total. The molecule has 0 fully saturated rings. The number of imidazole rings is 1. The maximum absolute atomic E-state index is 5.69. The number of aromatic nitrogens is 4. The highest BCUT2D eigenvalue weighted by Gasteiger charge is 2.23. The third kappa shape index (κ3) is 2.43. The topological polar surface area (TPSA) is 81.7 Å². The minimum absolute atomic E-state index is 0.138. The fraction of sp³-hybridized carbons (Fsp3) is 0.545. The smallest absolute Gasteiger partial charge is 0.132 e. The van der Waals surface area contributed by atoms with E-state index in [4.69, 9.17) is 5.84 Å². The van der Waals surface area contributed by atoms with E-state index in [-0.39, 0.29) is 6.04 Å². The first kappa shape index (κ1) is 13.1. The van der Waals surface area contributed by atoms with Gasteiger partial charge in [0, 0.05) is 18.9 Å². The van der Waals surface area contributed by atoms with E-state index in [1.165, 1.54) is 11.5 Å². The number of rotatable bonds is 6. The van der Waals surface area contributed by atoms with Crippen LogP contribution in [0.15, 0.2) is 12.4 Å². The predicted molar refractivity (Wildman–Crippen MR) is 71.0 cm³/mol. The second-order valence-corrected chi connectivity index (χ2v) is 4.80. The molecule has 2 heterocycles. The molecule has 0 amide bonds. The molecule has 0 aliphatic carbocycles. The van der Waals surface area contributed by atoms with Gasteiger partial charge in [0.15, 0.2) is 0 Å². The molecule has 2 aromatic rings. The molecule has 0 aliphatic heterocycles. The zero-order chi connectivity index (χ0) is 13.0. The SMILES string of the molecule is CCCn1ccnc1C(NN)c1snnc1CC. The van der Waals surface area contributed by atoms with Crippen LogP contribution in [0.2, 0.25) is 0 Å². The number of hydrogen-bond acceptors (Lipinski definition) is 6. The molecule has 1 atom stereocenters. The van der Waals surface area contributed by atoms with Crippen LogP contribution in [0.3, 0.4) is 0 Å². The number of nitrogens with zero attached hydrogens (tertiary/aromatic N) is 4. The first-order chi connectivity index (χ1) is 8.81. The summed E-state index contributed by atoms with van der Waals surface area (Å²) in [7, 11) is 0. The van der Waals surface area contributed by atoms with Crippen molar-refractivity contribution >= 4 is 11.5 Å². The number of nitrogens with one attached hydrogen (secondary N) is 1. The molecule has 0 spiro atoms. The molecule has 2 rings (SSSR count). The summed E-state index contributed by atoms with van der Waals surface area (Å²) >= 11 is 1.37. The Morgan fingerprint density at radius 2 is 2.33 bits per heavy atom. The average Bonchev–Trinajstić information content (AvgIpc) is 3.01. The monoisotopic (exact) mass is 266 g/mol. The van der Waals surface area contributed by atoms with Crippen molar-refractivity contribution in [2.24, 2.45) is 5.84 Å². The Hall–Kier alpha value is -1.31. The Bertz CT molecular complexity index is 491. The van der Waals surface area contributed by atoms with E-state index in [2.05, 4.69) is 38.4 Å². The Labute approximate surface area is 110 Å². The molecular formula is C11H18N6S. The summed E-state index contributed by atoms with van der Waals surface area (Å²) in [5.41, 5.74) is 3.81. The zero-order valence-corrected chi connectivity index (χ0v) is 11.4. The van der Waals surface area contributed by atoms with Crippen molar-refractivity contribution in [2.75, 3.05) is 0 Å². The summed E-state index contributed by atoms with van der Waals surface area (Å²) in [5, 5.41) is 4.12. The van der Waals surface area contributed by atoms with Crippen LogP contribution in [-0.2, 0) is 13.0 Å². The molecule has 7 heteroatoms. The summed E-state index contributed by atoms with van der Waals surface area (Å²) in [4.78, 5) is 5.45. The third-order valence-corrected chi connectivity index (χ3v) is 3.65. The van der Waals surface area contributed by atoms with E-state index in [0.717, 1.165) is 35.8 Å². The molecular weight excluding hydrogens is 248 g/mol. The molecule has 0 bridgehead atoms.